The van der Waals surface area contributed by atoms with Crippen molar-refractivity contribution in [3.8, 4) is 0 Å². The van der Waals surface area contributed by atoms with Gasteiger partial charge in [0.1, 0.15) is 6.10 Å². The third-order valence-electron chi connectivity index (χ3n) is 3.91. The number of carbonyl (C=O) groups is 2. The molecule has 1 aromatic carbocycles. The van der Waals surface area contributed by atoms with Crippen LogP contribution in [0.15, 0.2) is 24.3 Å². The van der Waals surface area contributed by atoms with E-state index in [9.17, 15) is 9.59 Å². The number of rotatable bonds is 4. The summed E-state index contributed by atoms with van der Waals surface area (Å²) in [6.07, 6.45) is -0.133. The summed E-state index contributed by atoms with van der Waals surface area (Å²) in [5.41, 5.74) is 7.46. The predicted octanol–water partition coefficient (Wildman–Crippen LogP) is 0.780. The molecule has 0 radical (unpaired) electrons. The Labute approximate surface area is 142 Å². The van der Waals surface area contributed by atoms with Crippen molar-refractivity contribution in [1.82, 2.24) is 10.2 Å². The molecule has 0 aromatic heterocycles. The van der Waals surface area contributed by atoms with Gasteiger partial charge in [-0.3, -0.25) is 9.59 Å². The monoisotopic (exact) mass is 341 g/mol. The van der Waals surface area contributed by atoms with E-state index >= 15 is 0 Å². The van der Waals surface area contributed by atoms with Crippen molar-refractivity contribution < 1.29 is 14.3 Å². The van der Waals surface area contributed by atoms with Gasteiger partial charge in [0, 0.05) is 0 Å². The zero-order valence-electron chi connectivity index (χ0n) is 13.5. The first-order chi connectivity index (χ1) is 10.5. The summed E-state index contributed by atoms with van der Waals surface area (Å²) in [7, 11) is 0. The molecule has 1 aliphatic rings. The number of amides is 2. The lowest BCUT2D eigenvalue weighted by Gasteiger charge is -2.38. The average Bonchev–Trinajstić information content (AvgIpc) is 2.53. The number of aryl methyl sites for hydroxylation is 1. The van der Waals surface area contributed by atoms with Crippen molar-refractivity contribution in [2.24, 2.45) is 5.73 Å². The molecular weight excluding hydrogens is 318 g/mol. The number of nitrogens with one attached hydrogen (secondary N) is 1. The average molecular weight is 342 g/mol. The molecule has 1 saturated heterocycles. The standard InChI is InChI=1S/C16H23N3O3.ClH/c1-11-5-3-4-6-13(11)14-9-19(12(2)10-22-14)16(21)8-18-15(20)7-17;/h3-6,12,14H,7-10,17H2,1-2H3,(H,18,20);1H. The molecule has 1 heterocycles. The minimum atomic E-state index is -0.329. The van der Waals surface area contributed by atoms with E-state index in [-0.39, 0.29) is 49.5 Å². The lowest BCUT2D eigenvalue weighted by atomic mass is 10.0. The van der Waals surface area contributed by atoms with Crippen LogP contribution in [-0.2, 0) is 14.3 Å². The van der Waals surface area contributed by atoms with E-state index in [1.807, 2.05) is 38.1 Å². The summed E-state index contributed by atoms with van der Waals surface area (Å²) in [5, 5.41) is 2.52. The molecule has 3 N–H and O–H groups in total. The summed E-state index contributed by atoms with van der Waals surface area (Å²) < 4.78 is 5.88. The van der Waals surface area contributed by atoms with Crippen LogP contribution in [0.4, 0.5) is 0 Å². The van der Waals surface area contributed by atoms with Crippen LogP contribution in [-0.4, -0.2) is 49.0 Å². The summed E-state index contributed by atoms with van der Waals surface area (Å²) in [5.74, 6) is -0.444. The minimum absolute atomic E-state index is 0. The molecule has 23 heavy (non-hydrogen) atoms. The molecule has 0 spiro atoms. The van der Waals surface area contributed by atoms with Crippen molar-refractivity contribution >= 4 is 24.2 Å². The Morgan fingerprint density at radius 2 is 2.09 bits per heavy atom. The van der Waals surface area contributed by atoms with Gasteiger partial charge in [-0.05, 0) is 25.0 Å². The van der Waals surface area contributed by atoms with E-state index in [0.717, 1.165) is 11.1 Å². The summed E-state index contributed by atoms with van der Waals surface area (Å²) in [6, 6.07) is 7.99. The van der Waals surface area contributed by atoms with Gasteiger partial charge in [0.25, 0.3) is 0 Å². The van der Waals surface area contributed by atoms with Crippen LogP contribution >= 0.6 is 12.4 Å². The number of nitrogens with zero attached hydrogens (tertiary/aromatic N) is 1. The van der Waals surface area contributed by atoms with E-state index in [1.54, 1.807) is 4.90 Å². The molecule has 2 atom stereocenters. The van der Waals surface area contributed by atoms with Gasteiger partial charge < -0.3 is 20.7 Å². The molecule has 2 unspecified atom stereocenters. The van der Waals surface area contributed by atoms with E-state index in [2.05, 4.69) is 5.32 Å². The second-order valence-electron chi connectivity index (χ2n) is 5.55. The highest BCUT2D eigenvalue weighted by Gasteiger charge is 2.30. The first-order valence-electron chi connectivity index (χ1n) is 7.46. The highest BCUT2D eigenvalue weighted by atomic mass is 35.5. The molecule has 0 saturated carbocycles. The van der Waals surface area contributed by atoms with Crippen molar-refractivity contribution in [3.05, 3.63) is 35.4 Å². The Bertz CT molecular complexity index is 553. The topological polar surface area (TPSA) is 84.7 Å². The highest BCUT2D eigenvalue weighted by molar-refractivity contribution is 5.86. The summed E-state index contributed by atoms with van der Waals surface area (Å²) in [4.78, 5) is 25.2. The Morgan fingerprint density at radius 1 is 1.39 bits per heavy atom. The van der Waals surface area contributed by atoms with Gasteiger partial charge in [0.05, 0.1) is 32.3 Å². The SMILES string of the molecule is Cc1ccccc1C1CN(C(=O)CNC(=O)CN)C(C)CO1.Cl. The summed E-state index contributed by atoms with van der Waals surface area (Å²) >= 11 is 0. The fourth-order valence-corrected chi connectivity index (χ4v) is 2.59. The predicted molar refractivity (Wildman–Crippen MR) is 90.4 cm³/mol. The molecule has 0 bridgehead atoms. The molecule has 1 fully saturated rings. The van der Waals surface area contributed by atoms with Crippen LogP contribution in [0.25, 0.3) is 0 Å². The Hall–Kier alpha value is -1.63. The number of hydrogen-bond donors (Lipinski definition) is 2. The lowest BCUT2D eigenvalue weighted by molar-refractivity contribution is -0.144. The number of morpholine rings is 1. The number of halogens is 1. The molecule has 128 valence electrons. The third-order valence-corrected chi connectivity index (χ3v) is 3.91. The van der Waals surface area contributed by atoms with Crippen molar-refractivity contribution in [2.45, 2.75) is 26.0 Å². The first-order valence-corrected chi connectivity index (χ1v) is 7.46. The van der Waals surface area contributed by atoms with Gasteiger partial charge in [0.2, 0.25) is 11.8 Å². The van der Waals surface area contributed by atoms with Crippen LogP contribution in [0.2, 0.25) is 0 Å². The molecule has 2 amide bonds. The quantitative estimate of drug-likeness (QED) is 0.847. The maximum absolute atomic E-state index is 12.3. The largest absolute Gasteiger partial charge is 0.370 e. The molecule has 2 rings (SSSR count). The van der Waals surface area contributed by atoms with Gasteiger partial charge in [-0.2, -0.15) is 0 Å². The Kier molecular flexibility index (Phi) is 7.48. The smallest absolute Gasteiger partial charge is 0.242 e. The molecular formula is C16H24ClN3O3. The number of hydrogen-bond acceptors (Lipinski definition) is 4. The van der Waals surface area contributed by atoms with Crippen LogP contribution in [0.3, 0.4) is 0 Å². The van der Waals surface area contributed by atoms with Crippen LogP contribution < -0.4 is 11.1 Å². The molecule has 7 heteroatoms. The number of benzene rings is 1. The lowest BCUT2D eigenvalue weighted by Crippen LogP contribution is -2.51. The first kappa shape index (κ1) is 19.4. The fraction of sp³-hybridized carbons (Fsp3) is 0.500. The van der Waals surface area contributed by atoms with Gasteiger partial charge >= 0.3 is 0 Å². The van der Waals surface area contributed by atoms with Crippen molar-refractivity contribution in [1.29, 1.82) is 0 Å². The highest BCUT2D eigenvalue weighted by Crippen LogP contribution is 2.27. The third kappa shape index (κ3) is 4.92. The number of ether oxygens (including phenoxy) is 1. The number of nitrogens with two attached hydrogens (primary N) is 1. The van der Waals surface area contributed by atoms with Gasteiger partial charge in [-0.25, -0.2) is 0 Å². The number of carbonyl (C=O) groups excluding carboxylic acids is 2. The fourth-order valence-electron chi connectivity index (χ4n) is 2.59. The Morgan fingerprint density at radius 3 is 2.74 bits per heavy atom. The van der Waals surface area contributed by atoms with Crippen LogP contribution in [0.5, 0.6) is 0 Å². The second-order valence-corrected chi connectivity index (χ2v) is 5.55. The van der Waals surface area contributed by atoms with Crippen molar-refractivity contribution in [3.63, 3.8) is 0 Å². The van der Waals surface area contributed by atoms with Crippen LogP contribution in [0.1, 0.15) is 24.2 Å². The van der Waals surface area contributed by atoms with E-state index in [1.165, 1.54) is 0 Å². The van der Waals surface area contributed by atoms with Gasteiger partial charge in [0.15, 0.2) is 0 Å². The maximum Gasteiger partial charge on any atom is 0.242 e. The molecule has 1 aliphatic heterocycles. The zero-order valence-corrected chi connectivity index (χ0v) is 14.3. The maximum atomic E-state index is 12.3. The van der Waals surface area contributed by atoms with E-state index < -0.39 is 0 Å². The normalized spacial score (nSPS) is 20.6. The Balaban J connectivity index is 0.00000264. The van der Waals surface area contributed by atoms with Crippen LogP contribution in [0, 0.1) is 6.92 Å². The molecule has 6 nitrogen and oxygen atoms in total. The molecule has 1 aromatic rings. The van der Waals surface area contributed by atoms with E-state index in [4.69, 9.17) is 10.5 Å². The van der Waals surface area contributed by atoms with Crippen molar-refractivity contribution in [2.75, 3.05) is 26.2 Å². The molecule has 0 aliphatic carbocycles. The second kappa shape index (κ2) is 8.86. The van der Waals surface area contributed by atoms with Gasteiger partial charge in [-0.1, -0.05) is 24.3 Å². The van der Waals surface area contributed by atoms with Gasteiger partial charge in [-0.15, -0.1) is 12.4 Å². The zero-order chi connectivity index (χ0) is 16.1. The minimum Gasteiger partial charge on any atom is -0.370 e. The van der Waals surface area contributed by atoms with E-state index in [0.29, 0.717) is 13.2 Å². The summed E-state index contributed by atoms with van der Waals surface area (Å²) in [6.45, 7) is 4.80.